The number of benzene rings is 1. The molecule has 20 heavy (non-hydrogen) atoms. The molecule has 0 aliphatic rings. The van der Waals surface area contributed by atoms with Gasteiger partial charge in [0.15, 0.2) is 11.5 Å². The standard InChI is InChI=1S/C14H20N4O2/c1-5-18(6-2)14-16-10-8-12(20-4)11(19-3)7-9(10)13(15)17-14/h7-8H,5-6H2,1-4H3,(H2,15,16,17). The number of rotatable bonds is 5. The maximum Gasteiger partial charge on any atom is 0.227 e. The molecule has 0 aliphatic heterocycles. The van der Waals surface area contributed by atoms with E-state index in [-0.39, 0.29) is 0 Å². The highest BCUT2D eigenvalue weighted by atomic mass is 16.5. The van der Waals surface area contributed by atoms with Crippen LogP contribution in [-0.2, 0) is 0 Å². The van der Waals surface area contributed by atoms with Crippen molar-refractivity contribution in [3.8, 4) is 11.5 Å². The number of fused-ring (bicyclic) bond motifs is 1. The fraction of sp³-hybridized carbons (Fsp3) is 0.429. The van der Waals surface area contributed by atoms with Crippen molar-refractivity contribution in [2.24, 2.45) is 0 Å². The summed E-state index contributed by atoms with van der Waals surface area (Å²) in [5.74, 6) is 2.32. The average molecular weight is 276 g/mol. The number of nitrogens with zero attached hydrogens (tertiary/aromatic N) is 3. The Kier molecular flexibility index (Phi) is 4.12. The summed E-state index contributed by atoms with van der Waals surface area (Å²) in [6.07, 6.45) is 0. The van der Waals surface area contributed by atoms with Crippen LogP contribution in [-0.4, -0.2) is 37.3 Å². The molecule has 0 bridgehead atoms. The van der Waals surface area contributed by atoms with Crippen LogP contribution in [0, 0.1) is 0 Å². The number of ether oxygens (including phenoxy) is 2. The topological polar surface area (TPSA) is 73.5 Å². The number of hydrogen-bond acceptors (Lipinski definition) is 6. The van der Waals surface area contributed by atoms with E-state index < -0.39 is 0 Å². The predicted molar refractivity (Wildman–Crippen MR) is 80.6 cm³/mol. The molecule has 1 aromatic heterocycles. The van der Waals surface area contributed by atoms with Crippen LogP contribution in [0.5, 0.6) is 11.5 Å². The summed E-state index contributed by atoms with van der Waals surface area (Å²) >= 11 is 0. The van der Waals surface area contributed by atoms with Gasteiger partial charge in [0.25, 0.3) is 0 Å². The number of aromatic nitrogens is 2. The molecular formula is C14H20N4O2. The van der Waals surface area contributed by atoms with E-state index in [0.717, 1.165) is 24.0 Å². The third kappa shape index (κ3) is 2.41. The van der Waals surface area contributed by atoms with Gasteiger partial charge in [-0.05, 0) is 19.9 Å². The first kappa shape index (κ1) is 14.2. The second-order valence-electron chi connectivity index (χ2n) is 4.31. The highest BCUT2D eigenvalue weighted by Crippen LogP contribution is 2.33. The summed E-state index contributed by atoms with van der Waals surface area (Å²) in [4.78, 5) is 11.0. The van der Waals surface area contributed by atoms with Crippen molar-refractivity contribution in [3.63, 3.8) is 0 Å². The van der Waals surface area contributed by atoms with E-state index in [1.165, 1.54) is 0 Å². The molecule has 0 unspecified atom stereocenters. The van der Waals surface area contributed by atoms with Crippen LogP contribution in [0.25, 0.3) is 10.9 Å². The van der Waals surface area contributed by atoms with Crippen molar-refractivity contribution in [2.45, 2.75) is 13.8 Å². The second-order valence-corrected chi connectivity index (χ2v) is 4.31. The van der Waals surface area contributed by atoms with Gasteiger partial charge in [-0.3, -0.25) is 0 Å². The van der Waals surface area contributed by atoms with Gasteiger partial charge in [-0.2, -0.15) is 4.98 Å². The maximum absolute atomic E-state index is 6.05. The van der Waals surface area contributed by atoms with E-state index in [0.29, 0.717) is 23.3 Å². The monoisotopic (exact) mass is 276 g/mol. The van der Waals surface area contributed by atoms with Crippen LogP contribution < -0.4 is 20.1 Å². The molecule has 0 saturated carbocycles. The molecule has 6 heteroatoms. The first-order valence-corrected chi connectivity index (χ1v) is 6.58. The lowest BCUT2D eigenvalue weighted by molar-refractivity contribution is 0.356. The smallest absolute Gasteiger partial charge is 0.227 e. The molecule has 0 radical (unpaired) electrons. The van der Waals surface area contributed by atoms with Crippen molar-refractivity contribution in [1.29, 1.82) is 0 Å². The molecule has 1 heterocycles. The Bertz CT molecular complexity index is 612. The Morgan fingerprint density at radius 3 is 2.20 bits per heavy atom. The van der Waals surface area contributed by atoms with Crippen LogP contribution in [0.4, 0.5) is 11.8 Å². The molecule has 0 spiro atoms. The van der Waals surface area contributed by atoms with Gasteiger partial charge in [-0.25, -0.2) is 4.98 Å². The molecule has 6 nitrogen and oxygen atoms in total. The molecule has 1 aromatic carbocycles. The molecule has 2 aromatic rings. The van der Waals surface area contributed by atoms with Crippen molar-refractivity contribution in [3.05, 3.63) is 12.1 Å². The van der Waals surface area contributed by atoms with Gasteiger partial charge in [0, 0.05) is 24.5 Å². The first-order chi connectivity index (χ1) is 9.64. The van der Waals surface area contributed by atoms with Crippen molar-refractivity contribution < 1.29 is 9.47 Å². The molecule has 0 atom stereocenters. The number of anilines is 2. The highest BCUT2D eigenvalue weighted by Gasteiger charge is 2.13. The lowest BCUT2D eigenvalue weighted by atomic mass is 10.2. The zero-order valence-corrected chi connectivity index (χ0v) is 12.3. The summed E-state index contributed by atoms with van der Waals surface area (Å²) in [5.41, 5.74) is 6.79. The Morgan fingerprint density at radius 2 is 1.65 bits per heavy atom. The molecule has 0 saturated heterocycles. The summed E-state index contributed by atoms with van der Waals surface area (Å²) in [6.45, 7) is 5.77. The van der Waals surface area contributed by atoms with E-state index in [1.807, 2.05) is 11.0 Å². The normalized spacial score (nSPS) is 10.6. The maximum atomic E-state index is 6.05. The van der Waals surface area contributed by atoms with E-state index in [1.54, 1.807) is 20.3 Å². The van der Waals surface area contributed by atoms with Crippen molar-refractivity contribution >= 4 is 22.7 Å². The van der Waals surface area contributed by atoms with E-state index >= 15 is 0 Å². The van der Waals surface area contributed by atoms with Crippen molar-refractivity contribution in [1.82, 2.24) is 9.97 Å². The minimum Gasteiger partial charge on any atom is -0.493 e. The lowest BCUT2D eigenvalue weighted by Crippen LogP contribution is -2.24. The summed E-state index contributed by atoms with van der Waals surface area (Å²) in [5, 5.41) is 0.763. The van der Waals surface area contributed by atoms with Gasteiger partial charge >= 0.3 is 0 Å². The van der Waals surface area contributed by atoms with Gasteiger partial charge in [0.1, 0.15) is 5.82 Å². The second kappa shape index (κ2) is 5.81. The van der Waals surface area contributed by atoms with Crippen LogP contribution in [0.2, 0.25) is 0 Å². The van der Waals surface area contributed by atoms with Crippen LogP contribution >= 0.6 is 0 Å². The first-order valence-electron chi connectivity index (χ1n) is 6.58. The molecule has 108 valence electrons. The molecule has 0 aliphatic carbocycles. The predicted octanol–water partition coefficient (Wildman–Crippen LogP) is 2.08. The molecular weight excluding hydrogens is 256 g/mol. The van der Waals surface area contributed by atoms with E-state index in [9.17, 15) is 0 Å². The van der Waals surface area contributed by atoms with Gasteiger partial charge < -0.3 is 20.1 Å². The largest absolute Gasteiger partial charge is 0.493 e. The fourth-order valence-electron chi connectivity index (χ4n) is 2.11. The van der Waals surface area contributed by atoms with Gasteiger partial charge in [0.05, 0.1) is 19.7 Å². The molecule has 2 rings (SSSR count). The van der Waals surface area contributed by atoms with Crippen LogP contribution in [0.15, 0.2) is 12.1 Å². The Morgan fingerprint density at radius 1 is 1.05 bits per heavy atom. The number of methoxy groups -OCH3 is 2. The van der Waals surface area contributed by atoms with Crippen LogP contribution in [0.3, 0.4) is 0 Å². The summed E-state index contributed by atoms with van der Waals surface area (Å²) < 4.78 is 10.6. The summed E-state index contributed by atoms with van der Waals surface area (Å²) in [7, 11) is 3.19. The Labute approximate surface area is 118 Å². The summed E-state index contributed by atoms with van der Waals surface area (Å²) in [6, 6.07) is 3.62. The van der Waals surface area contributed by atoms with Crippen LogP contribution in [0.1, 0.15) is 13.8 Å². The number of nitrogens with two attached hydrogens (primary N) is 1. The van der Waals surface area contributed by atoms with E-state index in [4.69, 9.17) is 15.2 Å². The Hall–Kier alpha value is -2.24. The third-order valence-corrected chi connectivity index (χ3v) is 3.27. The van der Waals surface area contributed by atoms with Gasteiger partial charge in [-0.1, -0.05) is 0 Å². The lowest BCUT2D eigenvalue weighted by Gasteiger charge is -2.19. The van der Waals surface area contributed by atoms with Crippen molar-refractivity contribution in [2.75, 3.05) is 37.9 Å². The van der Waals surface area contributed by atoms with Gasteiger partial charge in [0.2, 0.25) is 5.95 Å². The number of hydrogen-bond donors (Lipinski definition) is 1. The molecule has 0 amide bonds. The number of nitrogen functional groups attached to an aromatic ring is 1. The quantitative estimate of drug-likeness (QED) is 0.901. The highest BCUT2D eigenvalue weighted by molar-refractivity contribution is 5.91. The third-order valence-electron chi connectivity index (χ3n) is 3.27. The fourth-order valence-corrected chi connectivity index (χ4v) is 2.11. The zero-order chi connectivity index (χ0) is 14.7. The van der Waals surface area contributed by atoms with Gasteiger partial charge in [-0.15, -0.1) is 0 Å². The zero-order valence-electron chi connectivity index (χ0n) is 12.3. The SMILES string of the molecule is CCN(CC)c1nc(N)c2cc(OC)c(OC)cc2n1. The minimum absolute atomic E-state index is 0.442. The molecule has 0 fully saturated rings. The minimum atomic E-state index is 0.442. The molecule has 2 N–H and O–H groups in total. The Balaban J connectivity index is 2.64. The average Bonchev–Trinajstić information content (AvgIpc) is 2.47. The van der Waals surface area contributed by atoms with E-state index in [2.05, 4.69) is 23.8 Å².